The molecule has 7 nitrogen and oxygen atoms in total. The van der Waals surface area contributed by atoms with Crippen LogP contribution in [0.3, 0.4) is 0 Å². The quantitative estimate of drug-likeness (QED) is 0.336. The van der Waals surface area contributed by atoms with E-state index in [0.717, 1.165) is 60.8 Å². The van der Waals surface area contributed by atoms with Gasteiger partial charge in [-0.05, 0) is 67.3 Å². The summed E-state index contributed by atoms with van der Waals surface area (Å²) in [5, 5.41) is 0. The largest absolute Gasteiger partial charge is 0.497 e. The Morgan fingerprint density at radius 1 is 0.861 bits per heavy atom. The number of aromatic nitrogens is 2. The SMILES string of the molecule is COc1ccc(OCC(=O)N2CCC(Cn3c(COc4ccccc4)nc4ccccc43)CC2)cc1. The molecule has 0 atom stereocenters. The van der Waals surface area contributed by atoms with Crippen molar-refractivity contribution >= 4 is 16.9 Å². The number of rotatable bonds is 9. The summed E-state index contributed by atoms with van der Waals surface area (Å²) in [6.07, 6.45) is 1.89. The predicted molar refractivity (Wildman–Crippen MR) is 138 cm³/mol. The Bertz CT molecular complexity index is 1280. The smallest absolute Gasteiger partial charge is 0.260 e. The third-order valence-corrected chi connectivity index (χ3v) is 6.67. The van der Waals surface area contributed by atoms with E-state index < -0.39 is 0 Å². The fourth-order valence-corrected chi connectivity index (χ4v) is 4.64. The lowest BCUT2D eigenvalue weighted by molar-refractivity contribution is -0.134. The lowest BCUT2D eigenvalue weighted by Gasteiger charge is -2.32. The molecule has 7 heteroatoms. The molecule has 0 N–H and O–H groups in total. The summed E-state index contributed by atoms with van der Waals surface area (Å²) >= 11 is 0. The number of hydrogen-bond acceptors (Lipinski definition) is 5. The second kappa shape index (κ2) is 11.2. The van der Waals surface area contributed by atoms with Crippen molar-refractivity contribution in [1.82, 2.24) is 14.5 Å². The lowest BCUT2D eigenvalue weighted by atomic mass is 9.96. The van der Waals surface area contributed by atoms with Crippen LogP contribution in [0.5, 0.6) is 17.2 Å². The molecular weight excluding hydrogens is 454 g/mol. The molecule has 1 aliphatic heterocycles. The van der Waals surface area contributed by atoms with E-state index in [1.807, 2.05) is 77.7 Å². The van der Waals surface area contributed by atoms with Crippen LogP contribution in [0.1, 0.15) is 18.7 Å². The molecule has 5 rings (SSSR count). The van der Waals surface area contributed by atoms with Gasteiger partial charge >= 0.3 is 0 Å². The van der Waals surface area contributed by atoms with E-state index in [1.165, 1.54) is 0 Å². The number of carbonyl (C=O) groups is 1. The minimum absolute atomic E-state index is 0.0225. The van der Waals surface area contributed by atoms with Crippen molar-refractivity contribution in [3.63, 3.8) is 0 Å². The molecule has 0 unspecified atom stereocenters. The molecule has 1 aromatic heterocycles. The van der Waals surface area contributed by atoms with Crippen molar-refractivity contribution in [2.45, 2.75) is 26.0 Å². The molecule has 0 aliphatic carbocycles. The number of para-hydroxylation sites is 3. The molecule has 4 aromatic rings. The van der Waals surface area contributed by atoms with Crippen molar-refractivity contribution < 1.29 is 19.0 Å². The van der Waals surface area contributed by atoms with Crippen LogP contribution in [0.2, 0.25) is 0 Å². The standard InChI is InChI=1S/C29H31N3O4/c1-34-23-11-13-25(14-12-23)36-21-29(33)31-17-15-22(16-18-31)19-32-27-10-6-5-9-26(27)30-28(32)20-35-24-7-3-2-4-8-24/h2-14,22H,15-21H2,1H3. The summed E-state index contributed by atoms with van der Waals surface area (Å²) in [7, 11) is 1.62. The van der Waals surface area contributed by atoms with Crippen LogP contribution in [0.15, 0.2) is 78.9 Å². The molecule has 0 radical (unpaired) electrons. The predicted octanol–water partition coefficient (Wildman–Crippen LogP) is 4.94. The highest BCUT2D eigenvalue weighted by molar-refractivity contribution is 5.78. The second-order valence-corrected chi connectivity index (χ2v) is 9.02. The van der Waals surface area contributed by atoms with E-state index in [1.54, 1.807) is 7.11 Å². The van der Waals surface area contributed by atoms with Crippen LogP contribution in [0.25, 0.3) is 11.0 Å². The molecule has 1 saturated heterocycles. The van der Waals surface area contributed by atoms with Crippen LogP contribution in [-0.4, -0.2) is 47.2 Å². The maximum Gasteiger partial charge on any atom is 0.260 e. The van der Waals surface area contributed by atoms with E-state index in [0.29, 0.717) is 18.3 Å². The number of amides is 1. The number of ether oxygens (including phenoxy) is 3. The van der Waals surface area contributed by atoms with Gasteiger partial charge in [-0.3, -0.25) is 4.79 Å². The Labute approximate surface area is 211 Å². The zero-order valence-electron chi connectivity index (χ0n) is 20.5. The summed E-state index contributed by atoms with van der Waals surface area (Å²) in [5.41, 5.74) is 2.10. The molecule has 1 amide bonds. The molecule has 36 heavy (non-hydrogen) atoms. The van der Waals surface area contributed by atoms with Crippen molar-refractivity contribution in [3.8, 4) is 17.2 Å². The van der Waals surface area contributed by atoms with Gasteiger partial charge < -0.3 is 23.7 Å². The maximum atomic E-state index is 12.7. The van der Waals surface area contributed by atoms with Gasteiger partial charge in [0, 0.05) is 19.6 Å². The number of likely N-dealkylation sites (tertiary alicyclic amines) is 1. The van der Waals surface area contributed by atoms with Crippen LogP contribution < -0.4 is 14.2 Å². The van der Waals surface area contributed by atoms with Gasteiger partial charge in [-0.1, -0.05) is 30.3 Å². The van der Waals surface area contributed by atoms with Crippen molar-refractivity contribution in [2.24, 2.45) is 5.92 Å². The first-order valence-electron chi connectivity index (χ1n) is 12.4. The summed E-state index contributed by atoms with van der Waals surface area (Å²) < 4.78 is 19.1. The van der Waals surface area contributed by atoms with Gasteiger partial charge in [-0.15, -0.1) is 0 Å². The van der Waals surface area contributed by atoms with Crippen LogP contribution >= 0.6 is 0 Å². The Hall–Kier alpha value is -4.00. The van der Waals surface area contributed by atoms with E-state index in [9.17, 15) is 4.79 Å². The van der Waals surface area contributed by atoms with Crippen LogP contribution in [0.4, 0.5) is 0 Å². The van der Waals surface area contributed by atoms with Crippen molar-refractivity contribution in [1.29, 1.82) is 0 Å². The minimum Gasteiger partial charge on any atom is -0.497 e. The first-order valence-corrected chi connectivity index (χ1v) is 12.4. The first kappa shape index (κ1) is 23.7. The molecular formula is C29H31N3O4. The molecule has 1 fully saturated rings. The Balaban J connectivity index is 1.17. The van der Waals surface area contributed by atoms with E-state index in [2.05, 4.69) is 10.6 Å². The van der Waals surface area contributed by atoms with Gasteiger partial charge in [0.1, 0.15) is 29.7 Å². The minimum atomic E-state index is 0.0225. The second-order valence-electron chi connectivity index (χ2n) is 9.02. The Morgan fingerprint density at radius 2 is 1.53 bits per heavy atom. The normalized spacial score (nSPS) is 14.1. The maximum absolute atomic E-state index is 12.7. The summed E-state index contributed by atoms with van der Waals surface area (Å²) in [6.45, 7) is 2.79. The van der Waals surface area contributed by atoms with Gasteiger partial charge in [-0.2, -0.15) is 0 Å². The topological polar surface area (TPSA) is 65.8 Å². The number of carbonyl (C=O) groups excluding carboxylic acids is 1. The number of piperidine rings is 1. The van der Waals surface area contributed by atoms with Gasteiger partial charge in [0.2, 0.25) is 0 Å². The number of methoxy groups -OCH3 is 1. The molecule has 0 bridgehead atoms. The van der Waals surface area contributed by atoms with Gasteiger partial charge in [0.25, 0.3) is 5.91 Å². The zero-order chi connectivity index (χ0) is 24.7. The Morgan fingerprint density at radius 3 is 2.28 bits per heavy atom. The number of imidazole rings is 1. The molecule has 186 valence electrons. The van der Waals surface area contributed by atoms with Gasteiger partial charge in [0.15, 0.2) is 6.61 Å². The van der Waals surface area contributed by atoms with E-state index >= 15 is 0 Å². The van der Waals surface area contributed by atoms with E-state index in [4.69, 9.17) is 19.2 Å². The van der Waals surface area contributed by atoms with Crippen LogP contribution in [-0.2, 0) is 17.9 Å². The third-order valence-electron chi connectivity index (χ3n) is 6.67. The van der Waals surface area contributed by atoms with E-state index in [-0.39, 0.29) is 12.5 Å². The summed E-state index contributed by atoms with van der Waals surface area (Å²) in [5.74, 6) is 3.66. The van der Waals surface area contributed by atoms with Crippen LogP contribution in [0, 0.1) is 5.92 Å². The Kier molecular flexibility index (Phi) is 7.36. The monoisotopic (exact) mass is 485 g/mol. The highest BCUT2D eigenvalue weighted by Gasteiger charge is 2.25. The highest BCUT2D eigenvalue weighted by atomic mass is 16.5. The van der Waals surface area contributed by atoms with Gasteiger partial charge in [-0.25, -0.2) is 4.98 Å². The number of nitrogens with zero attached hydrogens (tertiary/aromatic N) is 3. The molecule has 3 aromatic carbocycles. The number of fused-ring (bicyclic) bond motifs is 1. The number of benzene rings is 3. The lowest BCUT2D eigenvalue weighted by Crippen LogP contribution is -2.41. The number of hydrogen-bond donors (Lipinski definition) is 0. The molecule has 0 spiro atoms. The average molecular weight is 486 g/mol. The first-order chi connectivity index (χ1) is 17.7. The van der Waals surface area contributed by atoms with Crippen molar-refractivity contribution in [3.05, 3.63) is 84.7 Å². The molecule has 1 aliphatic rings. The molecule has 2 heterocycles. The third kappa shape index (κ3) is 5.62. The fourth-order valence-electron chi connectivity index (χ4n) is 4.64. The summed E-state index contributed by atoms with van der Waals surface area (Å²) in [6, 6.07) is 25.3. The summed E-state index contributed by atoms with van der Waals surface area (Å²) in [4.78, 5) is 19.5. The highest BCUT2D eigenvalue weighted by Crippen LogP contribution is 2.25. The fraction of sp³-hybridized carbons (Fsp3) is 0.310. The van der Waals surface area contributed by atoms with Gasteiger partial charge in [0.05, 0.1) is 18.1 Å². The van der Waals surface area contributed by atoms with Crippen molar-refractivity contribution in [2.75, 3.05) is 26.8 Å². The average Bonchev–Trinajstić information content (AvgIpc) is 3.29. The zero-order valence-corrected chi connectivity index (χ0v) is 20.5. The molecule has 0 saturated carbocycles.